The van der Waals surface area contributed by atoms with Crippen molar-refractivity contribution in [2.45, 2.75) is 18.9 Å². The molecule has 0 aromatic heterocycles. The molecule has 0 aromatic carbocycles. The van der Waals surface area contributed by atoms with Gasteiger partial charge >= 0.3 is 5.97 Å². The number of nitrogens with zero attached hydrogens (tertiary/aromatic N) is 1. The average molecular weight is 269 g/mol. The summed E-state index contributed by atoms with van der Waals surface area (Å²) in [6, 6.07) is -0.963. The average Bonchev–Trinajstić information content (AvgIpc) is 2.65. The third-order valence-corrected chi connectivity index (χ3v) is 2.26. The third-order valence-electron chi connectivity index (χ3n) is 2.26. The first kappa shape index (κ1) is 14.6. The number of carbonyl (C=O) groups is 3. The Morgan fingerprint density at radius 1 is 1.42 bits per heavy atom. The molecule has 1 heterocycles. The number of hydroxylamine groups is 2. The molecule has 1 rings (SSSR count). The summed E-state index contributed by atoms with van der Waals surface area (Å²) in [6.45, 7) is 0.388. The smallest absolute Gasteiger partial charge is 0.349 e. The Labute approximate surface area is 109 Å². The molecule has 19 heavy (non-hydrogen) atoms. The van der Waals surface area contributed by atoms with Gasteiger partial charge in [0.1, 0.15) is 6.04 Å². The van der Waals surface area contributed by atoms with Gasteiger partial charge in [0.05, 0.1) is 0 Å². The number of rotatable bonds is 6. The summed E-state index contributed by atoms with van der Waals surface area (Å²) in [5, 5.41) is 9.82. The fraction of sp³-hybridized carbons (Fsp3) is 0.400. The summed E-state index contributed by atoms with van der Waals surface area (Å²) in [4.78, 5) is 38.4. The molecule has 0 spiro atoms. The van der Waals surface area contributed by atoms with Crippen LogP contribution in [0.2, 0.25) is 0 Å². The minimum atomic E-state index is -0.963. The molecule has 0 radical (unpaired) electrons. The summed E-state index contributed by atoms with van der Waals surface area (Å²) in [5.41, 5.74) is 10.6. The van der Waals surface area contributed by atoms with Crippen LogP contribution in [0.4, 0.5) is 0 Å². The monoisotopic (exact) mass is 269 g/mol. The number of hydrogen-bond acceptors (Lipinski definition) is 6. The van der Waals surface area contributed by atoms with Crippen LogP contribution in [0.1, 0.15) is 12.8 Å². The summed E-state index contributed by atoms with van der Waals surface area (Å²) < 4.78 is 0. The molecule has 6 N–H and O–H groups in total. The summed E-state index contributed by atoms with van der Waals surface area (Å²) >= 11 is 0. The molecule has 2 amide bonds. The zero-order valence-electron chi connectivity index (χ0n) is 10.1. The van der Waals surface area contributed by atoms with Crippen LogP contribution in [0.5, 0.6) is 0 Å². The quantitative estimate of drug-likeness (QED) is 0.187. The number of imide groups is 1. The summed E-state index contributed by atoms with van der Waals surface area (Å²) in [5.74, 6) is -2.48. The normalized spacial score (nSPS) is 15.5. The van der Waals surface area contributed by atoms with Crippen LogP contribution in [0.15, 0.2) is 12.2 Å². The van der Waals surface area contributed by atoms with Gasteiger partial charge < -0.3 is 21.6 Å². The highest BCUT2D eigenvalue weighted by molar-refractivity contribution is 6.12. The van der Waals surface area contributed by atoms with Crippen LogP contribution in [-0.4, -0.2) is 41.4 Å². The van der Waals surface area contributed by atoms with E-state index in [0.29, 0.717) is 18.0 Å². The molecule has 1 aliphatic rings. The Kier molecular flexibility index (Phi) is 5.01. The van der Waals surface area contributed by atoms with Crippen LogP contribution >= 0.6 is 0 Å². The predicted molar refractivity (Wildman–Crippen MR) is 64.2 cm³/mol. The molecule has 104 valence electrons. The lowest BCUT2D eigenvalue weighted by Gasteiger charge is -2.16. The van der Waals surface area contributed by atoms with Crippen molar-refractivity contribution in [1.82, 2.24) is 10.4 Å². The van der Waals surface area contributed by atoms with E-state index in [-0.39, 0.29) is 12.4 Å². The first-order valence-electron chi connectivity index (χ1n) is 5.53. The van der Waals surface area contributed by atoms with E-state index in [9.17, 15) is 14.4 Å². The fourth-order valence-corrected chi connectivity index (χ4v) is 1.30. The standard InChI is InChI=1S/C10H15N5O4/c11-6(2-1-5-14-10(12)13)9(18)19-15-7(16)3-4-8(15)17/h3-4,6H,1-2,5,11H2,(H4,12,13,14)/t6-/m0/s1. The topological polar surface area (TPSA) is 152 Å². The Hall–Kier alpha value is -2.42. The fourth-order valence-electron chi connectivity index (χ4n) is 1.30. The Bertz CT molecular complexity index is 416. The minimum Gasteiger partial charge on any atom is -0.370 e. The molecule has 0 saturated heterocycles. The zero-order chi connectivity index (χ0) is 14.4. The summed E-state index contributed by atoms with van der Waals surface area (Å²) in [7, 11) is 0. The van der Waals surface area contributed by atoms with E-state index in [0.717, 1.165) is 12.2 Å². The van der Waals surface area contributed by atoms with Crippen molar-refractivity contribution >= 4 is 23.7 Å². The lowest BCUT2D eigenvalue weighted by molar-refractivity contribution is -0.197. The molecular weight excluding hydrogens is 254 g/mol. The van der Waals surface area contributed by atoms with Crippen molar-refractivity contribution in [3.63, 3.8) is 0 Å². The van der Waals surface area contributed by atoms with Crippen molar-refractivity contribution < 1.29 is 19.2 Å². The third kappa shape index (κ3) is 4.39. The maximum absolute atomic E-state index is 11.5. The second kappa shape index (κ2) is 6.50. The first-order valence-corrected chi connectivity index (χ1v) is 5.53. The van der Waals surface area contributed by atoms with Crippen molar-refractivity contribution in [1.29, 1.82) is 5.41 Å². The van der Waals surface area contributed by atoms with Crippen LogP contribution in [0, 0.1) is 5.41 Å². The second-order valence-corrected chi connectivity index (χ2v) is 3.80. The van der Waals surface area contributed by atoms with E-state index in [4.69, 9.17) is 16.9 Å². The van der Waals surface area contributed by atoms with Gasteiger partial charge in [-0.15, -0.1) is 0 Å². The number of carbonyl (C=O) groups excluding carboxylic acids is 3. The first-order chi connectivity index (χ1) is 8.91. The zero-order valence-corrected chi connectivity index (χ0v) is 10.1. The highest BCUT2D eigenvalue weighted by Gasteiger charge is 2.29. The molecule has 1 atom stereocenters. The SMILES string of the molecule is N=C(N)NCCC[C@H](N)C(=O)ON1C(=O)C=CC1=O. The molecule has 0 unspecified atom stereocenters. The lowest BCUT2D eigenvalue weighted by atomic mass is 10.2. The van der Waals surface area contributed by atoms with E-state index >= 15 is 0 Å². The number of nitrogens with one attached hydrogen (secondary N) is 2. The van der Waals surface area contributed by atoms with E-state index in [1.54, 1.807) is 0 Å². The number of amides is 2. The van der Waals surface area contributed by atoms with Crippen LogP contribution < -0.4 is 16.8 Å². The molecule has 0 saturated carbocycles. The van der Waals surface area contributed by atoms with Crippen LogP contribution in [-0.2, 0) is 19.2 Å². The summed E-state index contributed by atoms with van der Waals surface area (Å²) in [6.07, 6.45) is 2.74. The maximum atomic E-state index is 11.5. The van der Waals surface area contributed by atoms with Gasteiger partial charge in [-0.25, -0.2) is 4.79 Å². The lowest BCUT2D eigenvalue weighted by Crippen LogP contribution is -2.41. The largest absolute Gasteiger partial charge is 0.370 e. The molecule has 0 bridgehead atoms. The second-order valence-electron chi connectivity index (χ2n) is 3.80. The maximum Gasteiger partial charge on any atom is 0.349 e. The van der Waals surface area contributed by atoms with Gasteiger partial charge in [-0.1, -0.05) is 5.06 Å². The van der Waals surface area contributed by atoms with Crippen LogP contribution in [0.25, 0.3) is 0 Å². The molecule has 0 aliphatic carbocycles. The van der Waals surface area contributed by atoms with Gasteiger partial charge in [0.25, 0.3) is 11.8 Å². The highest BCUT2D eigenvalue weighted by Crippen LogP contribution is 2.06. The molecule has 1 aliphatic heterocycles. The van der Waals surface area contributed by atoms with Crippen molar-refractivity contribution in [2.75, 3.05) is 6.54 Å². The van der Waals surface area contributed by atoms with Crippen molar-refractivity contribution in [2.24, 2.45) is 11.5 Å². The molecule has 0 fully saturated rings. The minimum absolute atomic E-state index is 0.171. The number of nitrogens with two attached hydrogens (primary N) is 2. The number of hydrogen-bond donors (Lipinski definition) is 4. The van der Waals surface area contributed by atoms with Gasteiger partial charge in [0.15, 0.2) is 5.96 Å². The Balaban J connectivity index is 2.31. The van der Waals surface area contributed by atoms with Gasteiger partial charge in [0.2, 0.25) is 0 Å². The Morgan fingerprint density at radius 3 is 2.53 bits per heavy atom. The Morgan fingerprint density at radius 2 is 2.00 bits per heavy atom. The van der Waals surface area contributed by atoms with Crippen molar-refractivity contribution in [3.05, 3.63) is 12.2 Å². The number of guanidine groups is 1. The predicted octanol–water partition coefficient (Wildman–Crippen LogP) is -2.04. The van der Waals surface area contributed by atoms with Gasteiger partial charge in [-0.2, -0.15) is 0 Å². The molecular formula is C10H15N5O4. The van der Waals surface area contributed by atoms with E-state index in [2.05, 4.69) is 10.2 Å². The molecule has 9 heteroatoms. The molecule has 0 aromatic rings. The van der Waals surface area contributed by atoms with Gasteiger partial charge in [-0.3, -0.25) is 15.0 Å². The van der Waals surface area contributed by atoms with E-state index in [1.165, 1.54) is 0 Å². The van der Waals surface area contributed by atoms with Crippen LogP contribution in [0.3, 0.4) is 0 Å². The molecule has 9 nitrogen and oxygen atoms in total. The van der Waals surface area contributed by atoms with E-state index in [1.807, 2.05) is 0 Å². The highest BCUT2D eigenvalue weighted by atomic mass is 16.7. The van der Waals surface area contributed by atoms with Crippen molar-refractivity contribution in [3.8, 4) is 0 Å². The van der Waals surface area contributed by atoms with Gasteiger partial charge in [0, 0.05) is 18.7 Å². The van der Waals surface area contributed by atoms with E-state index < -0.39 is 23.8 Å². The van der Waals surface area contributed by atoms with Gasteiger partial charge in [-0.05, 0) is 12.8 Å².